The molecule has 3 aromatic rings. The summed E-state index contributed by atoms with van der Waals surface area (Å²) in [5.41, 5.74) is 1.65. The fourth-order valence-corrected chi connectivity index (χ4v) is 4.35. The Hall–Kier alpha value is -3.92. The number of nitrogens with zero attached hydrogens (tertiary/aromatic N) is 2. The van der Waals surface area contributed by atoms with Crippen LogP contribution in [0.3, 0.4) is 0 Å². The number of ether oxygens (including phenoxy) is 1. The summed E-state index contributed by atoms with van der Waals surface area (Å²) in [6.07, 6.45) is 0. The third-order valence-corrected chi connectivity index (χ3v) is 6.45. The fourth-order valence-electron chi connectivity index (χ4n) is 3.27. The van der Waals surface area contributed by atoms with Gasteiger partial charge in [0, 0.05) is 36.5 Å². The van der Waals surface area contributed by atoms with E-state index in [0.717, 1.165) is 17.4 Å². The molecule has 34 heavy (non-hydrogen) atoms. The zero-order chi connectivity index (χ0) is 24.9. The number of benzene rings is 3. The van der Waals surface area contributed by atoms with Gasteiger partial charge in [0.2, 0.25) is 0 Å². The summed E-state index contributed by atoms with van der Waals surface area (Å²) in [5.74, 6) is 0.538. The molecule has 0 atom stereocenters. The molecular formula is C24H25N3O6S. The minimum atomic E-state index is -4.04. The third-order valence-electron chi connectivity index (χ3n) is 5.07. The molecule has 3 aromatic carbocycles. The van der Waals surface area contributed by atoms with Gasteiger partial charge in [-0.05, 0) is 61.9 Å². The first-order valence-corrected chi connectivity index (χ1v) is 11.9. The molecule has 0 unspecified atom stereocenters. The molecule has 0 aliphatic rings. The van der Waals surface area contributed by atoms with Crippen molar-refractivity contribution in [2.24, 2.45) is 0 Å². The summed E-state index contributed by atoms with van der Waals surface area (Å²) in [6, 6.07) is 17.2. The molecule has 178 valence electrons. The molecule has 9 nitrogen and oxygen atoms in total. The van der Waals surface area contributed by atoms with Crippen LogP contribution in [-0.2, 0) is 16.6 Å². The van der Waals surface area contributed by atoms with Crippen molar-refractivity contribution >= 4 is 27.3 Å². The molecule has 1 N–H and O–H groups in total. The van der Waals surface area contributed by atoms with E-state index in [1.807, 2.05) is 31.2 Å². The topological polar surface area (TPSA) is 119 Å². The van der Waals surface area contributed by atoms with Crippen LogP contribution >= 0.6 is 0 Å². The number of aryl methyl sites for hydroxylation is 1. The first-order valence-electron chi connectivity index (χ1n) is 10.5. The highest BCUT2D eigenvalue weighted by Gasteiger charge is 2.20. The second-order valence-corrected chi connectivity index (χ2v) is 9.31. The van der Waals surface area contributed by atoms with E-state index in [1.54, 1.807) is 11.9 Å². The Morgan fingerprint density at radius 1 is 1.06 bits per heavy atom. The van der Waals surface area contributed by atoms with Crippen molar-refractivity contribution in [3.05, 3.63) is 93.5 Å². The molecule has 0 heterocycles. The summed E-state index contributed by atoms with van der Waals surface area (Å²) in [6.45, 7) is 4.41. The Bertz CT molecular complexity index is 1290. The van der Waals surface area contributed by atoms with Crippen LogP contribution in [0, 0.1) is 17.0 Å². The van der Waals surface area contributed by atoms with Gasteiger partial charge in [0.05, 0.1) is 16.4 Å². The molecular weight excluding hydrogens is 458 g/mol. The van der Waals surface area contributed by atoms with Gasteiger partial charge in [0.25, 0.3) is 21.6 Å². The molecule has 0 saturated carbocycles. The Kier molecular flexibility index (Phi) is 7.52. The lowest BCUT2D eigenvalue weighted by molar-refractivity contribution is -0.385. The van der Waals surface area contributed by atoms with Crippen molar-refractivity contribution in [1.82, 2.24) is 4.90 Å². The average molecular weight is 484 g/mol. The largest absolute Gasteiger partial charge is 0.494 e. The molecule has 0 aromatic heterocycles. The van der Waals surface area contributed by atoms with Crippen molar-refractivity contribution in [2.75, 3.05) is 18.4 Å². The van der Waals surface area contributed by atoms with Crippen molar-refractivity contribution in [2.45, 2.75) is 25.3 Å². The third kappa shape index (κ3) is 5.90. The maximum atomic E-state index is 12.8. The predicted molar refractivity (Wildman–Crippen MR) is 128 cm³/mol. The van der Waals surface area contributed by atoms with E-state index in [4.69, 9.17) is 4.74 Å². The maximum absolute atomic E-state index is 12.8. The lowest BCUT2D eigenvalue weighted by Gasteiger charge is -2.18. The van der Waals surface area contributed by atoms with Crippen LogP contribution < -0.4 is 9.46 Å². The van der Waals surface area contributed by atoms with Crippen LogP contribution in [-0.4, -0.2) is 37.8 Å². The zero-order valence-corrected chi connectivity index (χ0v) is 19.8. The molecule has 0 radical (unpaired) electrons. The van der Waals surface area contributed by atoms with Gasteiger partial charge in [0.1, 0.15) is 5.75 Å². The Labute approximate surface area is 198 Å². The van der Waals surface area contributed by atoms with Crippen LogP contribution in [0.5, 0.6) is 5.75 Å². The van der Waals surface area contributed by atoms with Crippen LogP contribution in [0.15, 0.2) is 71.6 Å². The van der Waals surface area contributed by atoms with Gasteiger partial charge in [-0.2, -0.15) is 0 Å². The molecule has 0 spiro atoms. The lowest BCUT2D eigenvalue weighted by atomic mass is 10.1. The predicted octanol–water partition coefficient (Wildman–Crippen LogP) is 4.37. The second-order valence-electron chi connectivity index (χ2n) is 7.63. The number of nitro groups is 1. The number of hydrogen-bond acceptors (Lipinski definition) is 6. The molecule has 0 fully saturated rings. The van der Waals surface area contributed by atoms with Crippen LogP contribution in [0.1, 0.15) is 28.4 Å². The Morgan fingerprint density at radius 2 is 1.71 bits per heavy atom. The number of nitrogens with one attached hydrogen (secondary N) is 1. The number of carbonyl (C=O) groups excluding carboxylic acids is 1. The van der Waals surface area contributed by atoms with Gasteiger partial charge >= 0.3 is 0 Å². The normalized spacial score (nSPS) is 11.0. The van der Waals surface area contributed by atoms with Crippen molar-refractivity contribution in [3.63, 3.8) is 0 Å². The van der Waals surface area contributed by atoms with E-state index >= 15 is 0 Å². The fraction of sp³-hybridized carbons (Fsp3) is 0.208. The molecule has 3 rings (SSSR count). The van der Waals surface area contributed by atoms with E-state index in [1.165, 1.54) is 43.3 Å². The number of nitro benzene ring substituents is 1. The molecule has 0 aliphatic carbocycles. The number of sulfonamides is 1. The van der Waals surface area contributed by atoms with E-state index in [-0.39, 0.29) is 22.2 Å². The summed E-state index contributed by atoms with van der Waals surface area (Å²) in [5, 5.41) is 11.1. The van der Waals surface area contributed by atoms with Gasteiger partial charge in [0.15, 0.2) is 0 Å². The van der Waals surface area contributed by atoms with Crippen LogP contribution in [0.2, 0.25) is 0 Å². The minimum Gasteiger partial charge on any atom is -0.494 e. The summed E-state index contributed by atoms with van der Waals surface area (Å²) in [4.78, 5) is 24.6. The molecule has 10 heteroatoms. The highest BCUT2D eigenvalue weighted by molar-refractivity contribution is 7.92. The van der Waals surface area contributed by atoms with Gasteiger partial charge in [-0.1, -0.05) is 18.2 Å². The highest BCUT2D eigenvalue weighted by Crippen LogP contribution is 2.24. The molecule has 0 aliphatic heterocycles. The van der Waals surface area contributed by atoms with Crippen molar-refractivity contribution < 1.29 is 22.9 Å². The van der Waals surface area contributed by atoms with E-state index in [2.05, 4.69) is 4.72 Å². The van der Waals surface area contributed by atoms with Gasteiger partial charge in [-0.15, -0.1) is 0 Å². The van der Waals surface area contributed by atoms with Crippen molar-refractivity contribution in [3.8, 4) is 5.75 Å². The van der Waals surface area contributed by atoms with Crippen molar-refractivity contribution in [1.29, 1.82) is 0 Å². The SMILES string of the molecule is CCOc1ccc(CN(C)C(=O)c2ccc(NS(=O)(=O)c3ccc(C)c([N+](=O)[O-])c3)cc2)cc1. The van der Waals surface area contributed by atoms with Crippen LogP contribution in [0.4, 0.5) is 11.4 Å². The number of carbonyl (C=O) groups is 1. The molecule has 0 bridgehead atoms. The van der Waals surface area contributed by atoms with E-state index in [9.17, 15) is 23.3 Å². The molecule has 0 saturated heterocycles. The van der Waals surface area contributed by atoms with E-state index in [0.29, 0.717) is 24.3 Å². The average Bonchev–Trinajstić information content (AvgIpc) is 2.80. The Morgan fingerprint density at radius 3 is 2.29 bits per heavy atom. The minimum absolute atomic E-state index is 0.222. The number of anilines is 1. The van der Waals surface area contributed by atoms with Crippen LogP contribution in [0.25, 0.3) is 0 Å². The Balaban J connectivity index is 1.68. The number of amides is 1. The zero-order valence-electron chi connectivity index (χ0n) is 19.0. The summed E-state index contributed by atoms with van der Waals surface area (Å²) < 4.78 is 33.1. The smallest absolute Gasteiger partial charge is 0.273 e. The maximum Gasteiger partial charge on any atom is 0.273 e. The first-order chi connectivity index (χ1) is 16.1. The second kappa shape index (κ2) is 10.3. The summed E-state index contributed by atoms with van der Waals surface area (Å²) >= 11 is 0. The van der Waals surface area contributed by atoms with E-state index < -0.39 is 14.9 Å². The quantitative estimate of drug-likeness (QED) is 0.356. The highest BCUT2D eigenvalue weighted by atomic mass is 32.2. The monoisotopic (exact) mass is 483 g/mol. The van der Waals surface area contributed by atoms with Gasteiger partial charge < -0.3 is 9.64 Å². The standard InChI is InChI=1S/C24H25N3O6S/c1-4-33-21-12-6-18(7-13-21)16-26(3)24(28)19-8-10-20(11-9-19)25-34(31,32)22-14-5-17(2)23(15-22)27(29)30/h5-15,25H,4,16H2,1-3H3. The lowest BCUT2D eigenvalue weighted by Crippen LogP contribution is -2.26. The summed E-state index contributed by atoms with van der Waals surface area (Å²) in [7, 11) is -2.36. The number of hydrogen-bond donors (Lipinski definition) is 1. The van der Waals surface area contributed by atoms with Gasteiger partial charge in [-0.3, -0.25) is 19.6 Å². The molecule has 1 amide bonds. The van der Waals surface area contributed by atoms with Gasteiger partial charge in [-0.25, -0.2) is 8.42 Å². The number of rotatable bonds is 9. The first kappa shape index (κ1) is 24.7.